The molecule has 2 bridgehead atoms. The summed E-state index contributed by atoms with van der Waals surface area (Å²) in [5, 5.41) is 10.2. The van der Waals surface area contributed by atoms with Crippen LogP contribution in [0, 0.1) is 10.8 Å². The van der Waals surface area contributed by atoms with Crippen LogP contribution in [-0.2, 0) is 9.78 Å². The monoisotopic (exact) mass is 224 g/mol. The van der Waals surface area contributed by atoms with Gasteiger partial charge in [-0.3, -0.25) is 0 Å². The summed E-state index contributed by atoms with van der Waals surface area (Å²) in [5.74, 6) is 0. The van der Waals surface area contributed by atoms with Gasteiger partial charge in [0.05, 0.1) is 6.10 Å². The first-order chi connectivity index (χ1) is 7.41. The fourth-order valence-electron chi connectivity index (χ4n) is 3.89. The van der Waals surface area contributed by atoms with Gasteiger partial charge in [0.15, 0.2) is 0 Å². The van der Waals surface area contributed by atoms with Crippen molar-refractivity contribution in [2.75, 3.05) is 0 Å². The van der Waals surface area contributed by atoms with E-state index >= 15 is 0 Å². The fourth-order valence-corrected chi connectivity index (χ4v) is 3.89. The minimum atomic E-state index is -0.466. The van der Waals surface area contributed by atoms with Crippen molar-refractivity contribution in [2.24, 2.45) is 10.8 Å². The highest BCUT2D eigenvalue weighted by Gasteiger charge is 2.67. The summed E-state index contributed by atoms with van der Waals surface area (Å²) in [4.78, 5) is 11.1. The molecule has 4 aliphatic rings. The third kappa shape index (κ3) is 0.998. The van der Waals surface area contributed by atoms with Crippen molar-refractivity contribution < 1.29 is 14.9 Å². The summed E-state index contributed by atoms with van der Waals surface area (Å²) in [6.45, 7) is 6.42. The quantitative estimate of drug-likeness (QED) is 0.506. The van der Waals surface area contributed by atoms with Gasteiger partial charge in [0.1, 0.15) is 11.7 Å². The summed E-state index contributed by atoms with van der Waals surface area (Å²) in [5.41, 5.74) is -0.679. The molecule has 90 valence electrons. The lowest BCUT2D eigenvalue weighted by atomic mass is 9.49. The van der Waals surface area contributed by atoms with E-state index in [1.54, 1.807) is 0 Å². The number of rotatable bonds is 0. The first-order valence-corrected chi connectivity index (χ1v) is 6.13. The maximum absolute atomic E-state index is 10.2. The maximum Gasteiger partial charge on any atom is 0.135 e. The normalized spacial score (nSPS) is 53.8. The SMILES string of the molecule is CC12CCC(O)C(C)(C)C13C=CC(C2)OO3. The number of hydrogen-bond acceptors (Lipinski definition) is 3. The molecule has 1 spiro atoms. The molecule has 3 nitrogen and oxygen atoms in total. The molecule has 2 aliphatic heterocycles. The van der Waals surface area contributed by atoms with Crippen molar-refractivity contribution in [3.05, 3.63) is 12.2 Å². The van der Waals surface area contributed by atoms with Gasteiger partial charge in [-0.15, -0.1) is 0 Å². The van der Waals surface area contributed by atoms with Gasteiger partial charge in [-0.2, -0.15) is 0 Å². The van der Waals surface area contributed by atoms with Crippen LogP contribution in [0.3, 0.4) is 0 Å². The zero-order chi connectivity index (χ0) is 11.6. The predicted molar refractivity (Wildman–Crippen MR) is 59.6 cm³/mol. The van der Waals surface area contributed by atoms with Crippen LogP contribution < -0.4 is 0 Å². The average molecular weight is 224 g/mol. The second-order valence-corrected chi connectivity index (χ2v) is 6.35. The van der Waals surface area contributed by atoms with Crippen LogP contribution in [0.5, 0.6) is 0 Å². The summed E-state index contributed by atoms with van der Waals surface area (Å²) in [6, 6.07) is 0. The maximum atomic E-state index is 10.2. The minimum absolute atomic E-state index is 0.0907. The molecule has 3 heteroatoms. The number of aliphatic hydroxyl groups excluding tert-OH is 1. The molecule has 2 fully saturated rings. The van der Waals surface area contributed by atoms with Gasteiger partial charge in [-0.25, -0.2) is 9.78 Å². The highest BCUT2D eigenvalue weighted by Crippen LogP contribution is 2.62. The minimum Gasteiger partial charge on any atom is -0.392 e. The Morgan fingerprint density at radius 1 is 1.31 bits per heavy atom. The molecular formula is C13H20O3. The third-order valence-electron chi connectivity index (χ3n) is 5.16. The zero-order valence-electron chi connectivity index (χ0n) is 10.2. The van der Waals surface area contributed by atoms with E-state index in [1.165, 1.54) is 0 Å². The molecule has 0 radical (unpaired) electrons. The summed E-state index contributed by atoms with van der Waals surface area (Å²) in [6.07, 6.45) is 6.84. The molecule has 16 heavy (non-hydrogen) atoms. The Morgan fingerprint density at radius 3 is 2.69 bits per heavy atom. The van der Waals surface area contributed by atoms with Gasteiger partial charge in [-0.1, -0.05) is 26.8 Å². The second-order valence-electron chi connectivity index (χ2n) is 6.35. The van der Waals surface area contributed by atoms with Crippen molar-refractivity contribution in [3.63, 3.8) is 0 Å². The first-order valence-electron chi connectivity index (χ1n) is 6.13. The van der Waals surface area contributed by atoms with E-state index in [0.29, 0.717) is 0 Å². The molecule has 4 unspecified atom stereocenters. The Labute approximate surface area is 96.4 Å². The summed E-state index contributed by atoms with van der Waals surface area (Å²) in [7, 11) is 0. The smallest absolute Gasteiger partial charge is 0.135 e. The van der Waals surface area contributed by atoms with Crippen LogP contribution in [0.15, 0.2) is 12.2 Å². The van der Waals surface area contributed by atoms with Crippen molar-refractivity contribution in [1.82, 2.24) is 0 Å². The predicted octanol–water partition coefficient (Wildman–Crippen LogP) is 2.20. The van der Waals surface area contributed by atoms with E-state index in [0.717, 1.165) is 19.3 Å². The molecule has 2 heterocycles. The molecule has 2 aliphatic carbocycles. The Kier molecular flexibility index (Phi) is 1.94. The lowest BCUT2D eigenvalue weighted by Gasteiger charge is -2.63. The molecule has 0 amide bonds. The van der Waals surface area contributed by atoms with Crippen LogP contribution in [0.2, 0.25) is 0 Å². The van der Waals surface area contributed by atoms with Gasteiger partial charge in [0.25, 0.3) is 0 Å². The lowest BCUT2D eigenvalue weighted by molar-refractivity contribution is -0.459. The standard InChI is InChI=1S/C13H20O3/c1-11(2)10(14)5-6-12(3)8-9-4-7-13(11,12)16-15-9/h4,7,9-10,14H,5-6,8H2,1-3H3. The van der Waals surface area contributed by atoms with Crippen molar-refractivity contribution in [3.8, 4) is 0 Å². The van der Waals surface area contributed by atoms with Gasteiger partial charge >= 0.3 is 0 Å². The van der Waals surface area contributed by atoms with Gasteiger partial charge in [-0.05, 0) is 25.3 Å². The Hall–Kier alpha value is -0.380. The zero-order valence-corrected chi connectivity index (χ0v) is 10.2. The number of hydrogen-bond donors (Lipinski definition) is 1. The van der Waals surface area contributed by atoms with Crippen molar-refractivity contribution in [1.29, 1.82) is 0 Å². The molecule has 0 aromatic rings. The molecule has 1 saturated carbocycles. The van der Waals surface area contributed by atoms with E-state index in [4.69, 9.17) is 9.78 Å². The van der Waals surface area contributed by atoms with Crippen LogP contribution >= 0.6 is 0 Å². The molecule has 1 N–H and O–H groups in total. The number of fused-ring (bicyclic) bond motifs is 1. The van der Waals surface area contributed by atoms with Crippen LogP contribution in [0.4, 0.5) is 0 Å². The molecule has 4 rings (SSSR count). The summed E-state index contributed by atoms with van der Waals surface area (Å²) < 4.78 is 0. The number of aliphatic hydroxyl groups is 1. The molecule has 0 aromatic heterocycles. The van der Waals surface area contributed by atoms with Crippen molar-refractivity contribution in [2.45, 2.75) is 57.8 Å². The van der Waals surface area contributed by atoms with Crippen LogP contribution in [0.25, 0.3) is 0 Å². The highest BCUT2D eigenvalue weighted by atomic mass is 17.2. The van der Waals surface area contributed by atoms with E-state index in [-0.39, 0.29) is 23.0 Å². The molecule has 4 atom stereocenters. The Bertz CT molecular complexity index is 349. The van der Waals surface area contributed by atoms with E-state index in [9.17, 15) is 5.11 Å². The highest BCUT2D eigenvalue weighted by molar-refractivity contribution is 5.27. The first kappa shape index (κ1) is 10.8. The van der Waals surface area contributed by atoms with Gasteiger partial charge in [0, 0.05) is 10.8 Å². The third-order valence-corrected chi connectivity index (χ3v) is 5.16. The topological polar surface area (TPSA) is 38.7 Å². The molecular weight excluding hydrogens is 204 g/mol. The largest absolute Gasteiger partial charge is 0.392 e. The summed E-state index contributed by atoms with van der Waals surface area (Å²) >= 11 is 0. The van der Waals surface area contributed by atoms with Gasteiger partial charge < -0.3 is 5.11 Å². The Morgan fingerprint density at radius 2 is 2.06 bits per heavy atom. The molecule has 1 saturated heterocycles. The second kappa shape index (κ2) is 2.89. The van der Waals surface area contributed by atoms with Crippen molar-refractivity contribution >= 4 is 0 Å². The molecule has 0 aromatic carbocycles. The van der Waals surface area contributed by atoms with E-state index in [2.05, 4.69) is 32.9 Å². The van der Waals surface area contributed by atoms with E-state index in [1.807, 2.05) is 0 Å². The fraction of sp³-hybridized carbons (Fsp3) is 0.846. The van der Waals surface area contributed by atoms with E-state index < -0.39 is 5.60 Å². The van der Waals surface area contributed by atoms with Gasteiger partial charge in [0.2, 0.25) is 0 Å². The lowest BCUT2D eigenvalue weighted by Crippen LogP contribution is -2.68. The van der Waals surface area contributed by atoms with Crippen LogP contribution in [-0.4, -0.2) is 22.9 Å². The average Bonchev–Trinajstić information content (AvgIpc) is 2.25. The Balaban J connectivity index is 2.15. The van der Waals surface area contributed by atoms with Crippen LogP contribution in [0.1, 0.15) is 40.0 Å².